The van der Waals surface area contributed by atoms with E-state index in [9.17, 15) is 4.79 Å². The first kappa shape index (κ1) is 18.5. The van der Waals surface area contributed by atoms with Crippen LogP contribution in [0.25, 0.3) is 0 Å². The van der Waals surface area contributed by atoms with Crippen LogP contribution in [0.15, 0.2) is 29.4 Å². The molecule has 0 bridgehead atoms. The van der Waals surface area contributed by atoms with Gasteiger partial charge in [-0.15, -0.1) is 5.10 Å². The molecule has 0 spiro atoms. The van der Waals surface area contributed by atoms with Crippen molar-refractivity contribution in [1.29, 1.82) is 5.26 Å². The summed E-state index contributed by atoms with van der Waals surface area (Å²) in [4.78, 5) is 16.9. The number of para-hydroxylation sites is 1. The number of nitrogens with zero attached hydrogens (tertiary/aromatic N) is 3. The van der Waals surface area contributed by atoms with Gasteiger partial charge in [-0.2, -0.15) is 5.26 Å². The van der Waals surface area contributed by atoms with E-state index in [4.69, 9.17) is 5.26 Å². The highest BCUT2D eigenvalue weighted by Crippen LogP contribution is 2.28. The maximum absolute atomic E-state index is 12.4. The molecule has 1 aliphatic rings. The smallest absolute Gasteiger partial charge is 0.237 e. The molecule has 26 heavy (non-hydrogen) atoms. The molecule has 1 fully saturated rings. The lowest BCUT2D eigenvalue weighted by atomic mass is 10.0. The van der Waals surface area contributed by atoms with Gasteiger partial charge in [0.15, 0.2) is 0 Å². The summed E-state index contributed by atoms with van der Waals surface area (Å²) < 4.78 is 0. The number of amides is 1. The number of hydrogen-bond acceptors (Lipinski definition) is 5. The number of benzene rings is 1. The number of thioether (sulfide) groups is 1. The van der Waals surface area contributed by atoms with Gasteiger partial charge in [-0.1, -0.05) is 49.6 Å². The topological polar surface area (TPSA) is 94.5 Å². The Morgan fingerprint density at radius 2 is 2.19 bits per heavy atom. The Kier molecular flexibility index (Phi) is 6.29. The van der Waals surface area contributed by atoms with Gasteiger partial charge in [0.25, 0.3) is 0 Å². The Morgan fingerprint density at radius 1 is 1.42 bits per heavy atom. The fraction of sp³-hybridized carbons (Fsp3) is 0.474. The molecule has 7 heteroatoms. The minimum absolute atomic E-state index is 0.171. The van der Waals surface area contributed by atoms with Gasteiger partial charge >= 0.3 is 0 Å². The fourth-order valence-corrected chi connectivity index (χ4v) is 3.96. The third-order valence-electron chi connectivity index (χ3n) is 4.73. The monoisotopic (exact) mass is 369 g/mol. The average molecular weight is 369 g/mol. The van der Waals surface area contributed by atoms with Crippen molar-refractivity contribution >= 4 is 23.4 Å². The summed E-state index contributed by atoms with van der Waals surface area (Å²) in [7, 11) is 0. The number of carbonyl (C=O) groups is 1. The average Bonchev–Trinajstić information content (AvgIpc) is 3.32. The predicted octanol–water partition coefficient (Wildman–Crippen LogP) is 3.92. The molecule has 1 aromatic carbocycles. The maximum Gasteiger partial charge on any atom is 0.237 e. The summed E-state index contributed by atoms with van der Waals surface area (Å²) >= 11 is 1.31. The first-order valence-corrected chi connectivity index (χ1v) is 9.91. The molecule has 136 valence electrons. The quantitative estimate of drug-likeness (QED) is 0.721. The number of aromatic amines is 1. The number of rotatable bonds is 7. The van der Waals surface area contributed by atoms with Crippen LogP contribution in [0.5, 0.6) is 0 Å². The van der Waals surface area contributed by atoms with Crippen molar-refractivity contribution in [3.05, 3.63) is 35.7 Å². The van der Waals surface area contributed by atoms with Crippen LogP contribution >= 0.6 is 11.8 Å². The molecule has 1 atom stereocenters. The Labute approximate surface area is 157 Å². The van der Waals surface area contributed by atoms with Crippen LogP contribution in [0.2, 0.25) is 0 Å². The molecule has 6 nitrogen and oxygen atoms in total. The zero-order valence-corrected chi connectivity index (χ0v) is 15.7. The molecule has 1 heterocycles. The van der Waals surface area contributed by atoms with E-state index < -0.39 is 0 Å². The molecule has 1 amide bonds. The van der Waals surface area contributed by atoms with E-state index in [1.165, 1.54) is 37.4 Å². The Bertz CT molecular complexity index is 791. The SMILES string of the molecule is C[C@H](Sc1n[nH]c(CCC2CCCC2)n1)C(=O)Nc1ccccc1C#N. The van der Waals surface area contributed by atoms with Gasteiger partial charge in [-0.3, -0.25) is 9.89 Å². The Balaban J connectivity index is 1.51. The van der Waals surface area contributed by atoms with Gasteiger partial charge < -0.3 is 5.32 Å². The number of anilines is 1. The minimum Gasteiger partial charge on any atom is -0.324 e. The second-order valence-electron chi connectivity index (χ2n) is 6.66. The lowest BCUT2D eigenvalue weighted by Gasteiger charge is -2.11. The van der Waals surface area contributed by atoms with E-state index in [0.717, 1.165) is 24.6 Å². The van der Waals surface area contributed by atoms with Gasteiger partial charge in [0, 0.05) is 6.42 Å². The van der Waals surface area contributed by atoms with Crippen molar-refractivity contribution < 1.29 is 4.79 Å². The van der Waals surface area contributed by atoms with Crippen LogP contribution in [0, 0.1) is 17.2 Å². The molecule has 0 radical (unpaired) electrons. The molecule has 0 unspecified atom stereocenters. The van der Waals surface area contributed by atoms with Gasteiger partial charge in [-0.05, 0) is 31.4 Å². The van der Waals surface area contributed by atoms with E-state index in [1.807, 2.05) is 6.92 Å². The van der Waals surface area contributed by atoms with Crippen LogP contribution in [0.3, 0.4) is 0 Å². The van der Waals surface area contributed by atoms with Crippen LogP contribution in [-0.4, -0.2) is 26.3 Å². The highest BCUT2D eigenvalue weighted by Gasteiger charge is 2.19. The third-order valence-corrected chi connectivity index (χ3v) is 5.69. The van der Waals surface area contributed by atoms with Crippen molar-refractivity contribution in [3.63, 3.8) is 0 Å². The zero-order valence-electron chi connectivity index (χ0n) is 14.9. The number of hydrogen-bond donors (Lipinski definition) is 2. The lowest BCUT2D eigenvalue weighted by Crippen LogP contribution is -2.23. The number of carbonyl (C=O) groups excluding carboxylic acids is 1. The lowest BCUT2D eigenvalue weighted by molar-refractivity contribution is -0.115. The van der Waals surface area contributed by atoms with E-state index in [2.05, 4.69) is 26.6 Å². The van der Waals surface area contributed by atoms with Crippen molar-refractivity contribution in [1.82, 2.24) is 15.2 Å². The molecule has 0 saturated heterocycles. The number of H-pyrrole nitrogens is 1. The minimum atomic E-state index is -0.361. The first-order valence-electron chi connectivity index (χ1n) is 9.03. The molecule has 2 N–H and O–H groups in total. The second-order valence-corrected chi connectivity index (χ2v) is 7.97. The maximum atomic E-state index is 12.4. The molecule has 0 aliphatic heterocycles. The number of aromatic nitrogens is 3. The molecular weight excluding hydrogens is 346 g/mol. The normalized spacial score (nSPS) is 15.5. The molecule has 1 aromatic heterocycles. The molecule has 3 rings (SSSR count). The summed E-state index contributed by atoms with van der Waals surface area (Å²) in [5, 5.41) is 19.3. The molecule has 1 saturated carbocycles. The molecule has 1 aliphatic carbocycles. The largest absolute Gasteiger partial charge is 0.324 e. The van der Waals surface area contributed by atoms with Crippen LogP contribution in [-0.2, 0) is 11.2 Å². The van der Waals surface area contributed by atoms with Crippen molar-refractivity contribution in [2.24, 2.45) is 5.92 Å². The standard InChI is InChI=1S/C19H23N5OS/c1-13(18(25)21-16-9-5-4-8-15(16)12-20)26-19-22-17(23-24-19)11-10-14-6-2-3-7-14/h4-5,8-9,13-14H,2-3,6-7,10-11H2,1H3,(H,21,25)(H,22,23,24)/t13-/m0/s1. The zero-order chi connectivity index (χ0) is 18.4. The van der Waals surface area contributed by atoms with E-state index in [0.29, 0.717) is 16.4 Å². The molecule has 2 aromatic rings. The van der Waals surface area contributed by atoms with Crippen molar-refractivity contribution in [3.8, 4) is 6.07 Å². The van der Waals surface area contributed by atoms with Gasteiger partial charge in [0.2, 0.25) is 11.1 Å². The summed E-state index contributed by atoms with van der Waals surface area (Å²) in [6, 6.07) is 9.05. The van der Waals surface area contributed by atoms with Gasteiger partial charge in [0.05, 0.1) is 16.5 Å². The highest BCUT2D eigenvalue weighted by molar-refractivity contribution is 8.00. The van der Waals surface area contributed by atoms with E-state index >= 15 is 0 Å². The molecular formula is C19H23N5OS. The number of nitrogens with one attached hydrogen (secondary N) is 2. The number of aryl methyl sites for hydroxylation is 1. The summed E-state index contributed by atoms with van der Waals surface area (Å²) in [5.41, 5.74) is 0.977. The summed E-state index contributed by atoms with van der Waals surface area (Å²) in [6.07, 6.45) is 7.43. The number of nitriles is 1. The van der Waals surface area contributed by atoms with Crippen molar-refractivity contribution in [2.45, 2.75) is 55.9 Å². The van der Waals surface area contributed by atoms with Crippen LogP contribution < -0.4 is 5.32 Å². The van der Waals surface area contributed by atoms with Crippen LogP contribution in [0.1, 0.15) is 50.4 Å². The van der Waals surface area contributed by atoms with Gasteiger partial charge in [0.1, 0.15) is 11.9 Å². The summed E-state index contributed by atoms with van der Waals surface area (Å²) in [5.74, 6) is 1.54. The Morgan fingerprint density at radius 3 is 2.96 bits per heavy atom. The summed E-state index contributed by atoms with van der Waals surface area (Å²) in [6.45, 7) is 1.81. The Hall–Kier alpha value is -2.33. The third kappa shape index (κ3) is 4.85. The van der Waals surface area contributed by atoms with Gasteiger partial charge in [-0.25, -0.2) is 4.98 Å². The fourth-order valence-electron chi connectivity index (χ4n) is 3.22. The predicted molar refractivity (Wildman–Crippen MR) is 102 cm³/mol. The van der Waals surface area contributed by atoms with E-state index in [1.54, 1.807) is 24.3 Å². The van der Waals surface area contributed by atoms with E-state index in [-0.39, 0.29) is 11.2 Å². The second kappa shape index (κ2) is 8.86. The van der Waals surface area contributed by atoms with Crippen molar-refractivity contribution in [2.75, 3.05) is 5.32 Å². The first-order chi connectivity index (χ1) is 12.7. The highest BCUT2D eigenvalue weighted by atomic mass is 32.2. The van der Waals surface area contributed by atoms with Crippen LogP contribution in [0.4, 0.5) is 5.69 Å².